The van der Waals surface area contributed by atoms with Gasteiger partial charge in [0.15, 0.2) is 5.69 Å². The highest BCUT2D eigenvalue weighted by molar-refractivity contribution is 5.89. The third-order valence-electron chi connectivity index (χ3n) is 3.55. The van der Waals surface area contributed by atoms with Crippen molar-refractivity contribution < 1.29 is 9.53 Å². The molecule has 0 saturated carbocycles. The lowest BCUT2D eigenvalue weighted by Gasteiger charge is -2.08. The lowest BCUT2D eigenvalue weighted by molar-refractivity contribution is -0.130. The van der Waals surface area contributed by atoms with Crippen molar-refractivity contribution in [1.29, 1.82) is 0 Å². The number of carbonyl (C=O) groups excluding carboxylic acids is 1. The molecule has 2 aromatic carbocycles. The minimum absolute atomic E-state index is 0.210. The van der Waals surface area contributed by atoms with E-state index in [0.29, 0.717) is 17.1 Å². The van der Waals surface area contributed by atoms with E-state index < -0.39 is 5.97 Å². The molecule has 1 heterocycles. The fourth-order valence-corrected chi connectivity index (χ4v) is 2.23. The largest absolute Gasteiger partial charge is 0.401 e. The summed E-state index contributed by atoms with van der Waals surface area (Å²) in [7, 11) is 0. The molecular formula is C20H18N4O2. The van der Waals surface area contributed by atoms with Gasteiger partial charge in [0.2, 0.25) is 0 Å². The number of hydrogen-bond donors (Lipinski definition) is 0. The fraction of sp³-hybridized carbons (Fsp3) is 0.100. The summed E-state index contributed by atoms with van der Waals surface area (Å²) in [6.07, 6.45) is 0. The molecule has 0 aliphatic carbocycles. The van der Waals surface area contributed by atoms with E-state index in [9.17, 15) is 4.79 Å². The van der Waals surface area contributed by atoms with Crippen LogP contribution in [0.15, 0.2) is 83.0 Å². The number of carbonyl (C=O) groups is 1. The van der Waals surface area contributed by atoms with Gasteiger partial charge in [0.1, 0.15) is 0 Å². The van der Waals surface area contributed by atoms with Gasteiger partial charge in [-0.15, -0.1) is 5.11 Å². The summed E-state index contributed by atoms with van der Waals surface area (Å²) in [6.45, 7) is 7.00. The number of benzene rings is 2. The summed E-state index contributed by atoms with van der Waals surface area (Å²) in [5, 5.41) is 12.9. The maximum absolute atomic E-state index is 12.1. The van der Waals surface area contributed by atoms with Gasteiger partial charge < -0.3 is 4.74 Å². The Kier molecular flexibility index (Phi) is 5.03. The first kappa shape index (κ1) is 17.3. The van der Waals surface area contributed by atoms with Crippen LogP contribution in [0.2, 0.25) is 0 Å². The summed E-state index contributed by atoms with van der Waals surface area (Å²) >= 11 is 0. The average Bonchev–Trinajstić information content (AvgIpc) is 2.97. The number of azo groups is 1. The van der Waals surface area contributed by atoms with Crippen molar-refractivity contribution in [3.05, 3.63) is 78.5 Å². The van der Waals surface area contributed by atoms with Gasteiger partial charge in [-0.1, -0.05) is 43.0 Å². The highest BCUT2D eigenvalue weighted by atomic mass is 16.5. The standard InChI is InChI=1S/C20H18N4O2/c1-14(2)20(25)26-19-18(22-21-16-10-6-4-7-11-16)15(3)23-24(19)17-12-8-5-9-13-17/h4-13H,1H2,2-3H3/b22-21+. The Labute approximate surface area is 151 Å². The van der Waals surface area contributed by atoms with Gasteiger partial charge in [0.25, 0.3) is 5.88 Å². The van der Waals surface area contributed by atoms with E-state index in [2.05, 4.69) is 21.9 Å². The first-order valence-corrected chi connectivity index (χ1v) is 8.06. The van der Waals surface area contributed by atoms with Crippen LogP contribution in [-0.4, -0.2) is 15.7 Å². The molecule has 0 unspecified atom stereocenters. The first-order valence-electron chi connectivity index (χ1n) is 8.06. The molecule has 26 heavy (non-hydrogen) atoms. The molecule has 130 valence electrons. The van der Waals surface area contributed by atoms with Crippen molar-refractivity contribution in [3.8, 4) is 11.6 Å². The molecule has 1 aromatic heterocycles. The molecule has 0 spiro atoms. The van der Waals surface area contributed by atoms with Crippen LogP contribution < -0.4 is 4.74 Å². The number of aromatic nitrogens is 2. The zero-order valence-electron chi connectivity index (χ0n) is 14.6. The number of rotatable bonds is 5. The van der Waals surface area contributed by atoms with Gasteiger partial charge in [-0.2, -0.15) is 14.9 Å². The Balaban J connectivity index is 2.08. The molecule has 0 atom stereocenters. The molecule has 3 aromatic rings. The number of esters is 1. The molecular weight excluding hydrogens is 328 g/mol. The molecule has 0 amide bonds. The smallest absolute Gasteiger partial charge is 0.339 e. The summed E-state index contributed by atoms with van der Waals surface area (Å²) in [5.41, 5.74) is 2.72. The summed E-state index contributed by atoms with van der Waals surface area (Å²) in [4.78, 5) is 12.1. The van der Waals surface area contributed by atoms with Gasteiger partial charge in [-0.05, 0) is 38.1 Å². The van der Waals surface area contributed by atoms with E-state index in [1.807, 2.05) is 60.7 Å². The van der Waals surface area contributed by atoms with E-state index in [1.165, 1.54) is 4.68 Å². The Hall–Kier alpha value is -3.54. The molecule has 0 aliphatic heterocycles. The van der Waals surface area contributed by atoms with Crippen LogP contribution >= 0.6 is 0 Å². The molecule has 0 bridgehead atoms. The van der Waals surface area contributed by atoms with Crippen molar-refractivity contribution in [2.24, 2.45) is 10.2 Å². The highest BCUT2D eigenvalue weighted by Crippen LogP contribution is 2.35. The van der Waals surface area contributed by atoms with Crippen molar-refractivity contribution in [2.45, 2.75) is 13.8 Å². The Morgan fingerprint density at radius 3 is 2.27 bits per heavy atom. The first-order chi connectivity index (χ1) is 12.6. The van der Waals surface area contributed by atoms with Crippen molar-refractivity contribution >= 4 is 17.3 Å². The van der Waals surface area contributed by atoms with E-state index in [0.717, 1.165) is 5.69 Å². The third-order valence-corrected chi connectivity index (χ3v) is 3.55. The minimum atomic E-state index is -0.543. The summed E-state index contributed by atoms with van der Waals surface area (Å²) < 4.78 is 7.05. The van der Waals surface area contributed by atoms with Gasteiger partial charge >= 0.3 is 5.97 Å². The van der Waals surface area contributed by atoms with Crippen LogP contribution in [0.1, 0.15) is 12.6 Å². The van der Waals surface area contributed by atoms with Gasteiger partial charge in [0, 0.05) is 5.57 Å². The zero-order valence-corrected chi connectivity index (χ0v) is 14.6. The predicted molar refractivity (Wildman–Crippen MR) is 99.4 cm³/mol. The van der Waals surface area contributed by atoms with Crippen LogP contribution in [0.3, 0.4) is 0 Å². The van der Waals surface area contributed by atoms with Crippen molar-refractivity contribution in [3.63, 3.8) is 0 Å². The van der Waals surface area contributed by atoms with Gasteiger partial charge in [-0.3, -0.25) is 0 Å². The van der Waals surface area contributed by atoms with Crippen LogP contribution in [0.5, 0.6) is 5.88 Å². The molecule has 0 N–H and O–H groups in total. The molecule has 0 radical (unpaired) electrons. The monoisotopic (exact) mass is 346 g/mol. The normalized spacial score (nSPS) is 10.8. The van der Waals surface area contributed by atoms with E-state index in [1.54, 1.807) is 13.8 Å². The molecule has 0 aliphatic rings. The van der Waals surface area contributed by atoms with Crippen molar-refractivity contribution in [2.75, 3.05) is 0 Å². The van der Waals surface area contributed by atoms with E-state index >= 15 is 0 Å². The quantitative estimate of drug-likeness (QED) is 0.367. The van der Waals surface area contributed by atoms with Gasteiger partial charge in [0.05, 0.1) is 17.1 Å². The second-order valence-corrected chi connectivity index (χ2v) is 5.69. The van der Waals surface area contributed by atoms with Crippen LogP contribution in [-0.2, 0) is 4.79 Å². The van der Waals surface area contributed by atoms with Crippen LogP contribution in [0.4, 0.5) is 11.4 Å². The summed E-state index contributed by atoms with van der Waals surface area (Å²) in [6, 6.07) is 18.7. The number of hydrogen-bond acceptors (Lipinski definition) is 5. The van der Waals surface area contributed by atoms with E-state index in [-0.39, 0.29) is 11.5 Å². The van der Waals surface area contributed by atoms with Crippen LogP contribution in [0, 0.1) is 6.92 Å². The maximum Gasteiger partial charge on any atom is 0.339 e. The lowest BCUT2D eigenvalue weighted by Crippen LogP contribution is -2.11. The average molecular weight is 346 g/mol. The SMILES string of the molecule is C=C(C)C(=O)Oc1c(/N=N/c2ccccc2)c(C)nn1-c1ccccc1. The highest BCUT2D eigenvalue weighted by Gasteiger charge is 2.21. The zero-order chi connectivity index (χ0) is 18.5. The van der Waals surface area contributed by atoms with Crippen LogP contribution in [0.25, 0.3) is 5.69 Å². The molecule has 6 nitrogen and oxygen atoms in total. The number of ether oxygens (including phenoxy) is 1. The lowest BCUT2D eigenvalue weighted by atomic mass is 10.3. The fourth-order valence-electron chi connectivity index (χ4n) is 2.23. The third kappa shape index (κ3) is 3.75. The van der Waals surface area contributed by atoms with Gasteiger partial charge in [-0.25, -0.2) is 4.79 Å². The topological polar surface area (TPSA) is 68.8 Å². The molecule has 3 rings (SSSR count). The number of para-hydroxylation sites is 1. The molecule has 0 saturated heterocycles. The maximum atomic E-state index is 12.1. The summed E-state index contributed by atoms with van der Waals surface area (Å²) in [5.74, 6) is -0.334. The number of aryl methyl sites for hydroxylation is 1. The Morgan fingerprint density at radius 1 is 1.04 bits per heavy atom. The van der Waals surface area contributed by atoms with Crippen molar-refractivity contribution in [1.82, 2.24) is 9.78 Å². The second kappa shape index (κ2) is 7.57. The second-order valence-electron chi connectivity index (χ2n) is 5.69. The molecule has 0 fully saturated rings. The predicted octanol–water partition coefficient (Wildman–Crippen LogP) is 5.08. The number of nitrogens with zero attached hydrogens (tertiary/aromatic N) is 4. The van der Waals surface area contributed by atoms with E-state index in [4.69, 9.17) is 4.74 Å². The minimum Gasteiger partial charge on any atom is -0.401 e. The Bertz CT molecular complexity index is 960. The molecule has 6 heteroatoms. The Morgan fingerprint density at radius 2 is 1.65 bits per heavy atom.